The van der Waals surface area contributed by atoms with Crippen molar-refractivity contribution in [2.24, 2.45) is 0 Å². The molecule has 0 aliphatic carbocycles. The van der Waals surface area contributed by atoms with E-state index in [0.29, 0.717) is 0 Å². The van der Waals surface area contributed by atoms with Gasteiger partial charge in [0.15, 0.2) is 0 Å². The Morgan fingerprint density at radius 3 is 2.88 bits per heavy atom. The molecule has 1 heterocycles. The minimum absolute atomic E-state index is 0.234. The normalized spacial score (nSPS) is 22.2. The average molecular weight is 220 g/mol. The van der Waals surface area contributed by atoms with Crippen LogP contribution in [0.5, 0.6) is 0 Å². The molecule has 88 valence electrons. The zero-order valence-electron chi connectivity index (χ0n) is 9.86. The van der Waals surface area contributed by atoms with Crippen LogP contribution in [-0.4, -0.2) is 24.9 Å². The van der Waals surface area contributed by atoms with E-state index in [0.717, 1.165) is 19.5 Å². The van der Waals surface area contributed by atoms with E-state index in [4.69, 9.17) is 4.74 Å². The molecule has 0 radical (unpaired) electrons. The molecule has 1 aliphatic heterocycles. The van der Waals surface area contributed by atoms with Crippen molar-refractivity contribution in [1.82, 2.24) is 10.4 Å². The molecule has 1 atom stereocenters. The lowest BCUT2D eigenvalue weighted by atomic mass is 10.1. The molecule has 2 rings (SSSR count). The molecule has 1 saturated heterocycles. The number of rotatable bonds is 4. The molecule has 1 fully saturated rings. The number of methoxy groups -OCH3 is 1. The molecule has 16 heavy (non-hydrogen) atoms. The second-order valence-electron chi connectivity index (χ2n) is 4.20. The lowest BCUT2D eigenvalue weighted by Crippen LogP contribution is -2.48. The van der Waals surface area contributed by atoms with E-state index in [1.165, 1.54) is 18.4 Å². The van der Waals surface area contributed by atoms with Gasteiger partial charge in [0.05, 0.1) is 0 Å². The first-order valence-electron chi connectivity index (χ1n) is 5.97. The van der Waals surface area contributed by atoms with Gasteiger partial charge in [0, 0.05) is 20.2 Å². The van der Waals surface area contributed by atoms with E-state index >= 15 is 0 Å². The van der Waals surface area contributed by atoms with E-state index in [-0.39, 0.29) is 6.23 Å². The number of benzene rings is 1. The minimum Gasteiger partial charge on any atom is -0.365 e. The third-order valence-electron chi connectivity index (χ3n) is 3.05. The standard InChI is InChI=1S/C13H20N2O/c1-16-13-9-5-6-10-15(13)14-11-12-7-3-2-4-8-12/h2-4,7-8,13-14H,5-6,9-11H2,1H3. The van der Waals surface area contributed by atoms with Crippen molar-refractivity contribution < 1.29 is 4.74 Å². The van der Waals surface area contributed by atoms with Gasteiger partial charge in [-0.2, -0.15) is 0 Å². The highest BCUT2D eigenvalue weighted by Crippen LogP contribution is 2.15. The topological polar surface area (TPSA) is 24.5 Å². The summed E-state index contributed by atoms with van der Waals surface area (Å²) in [5.74, 6) is 0. The number of hydrogen-bond acceptors (Lipinski definition) is 3. The fourth-order valence-corrected chi connectivity index (χ4v) is 2.12. The van der Waals surface area contributed by atoms with Crippen LogP contribution < -0.4 is 5.43 Å². The summed E-state index contributed by atoms with van der Waals surface area (Å²) in [5, 5.41) is 2.22. The highest BCUT2D eigenvalue weighted by atomic mass is 16.5. The van der Waals surface area contributed by atoms with Gasteiger partial charge < -0.3 is 4.74 Å². The summed E-state index contributed by atoms with van der Waals surface area (Å²) in [4.78, 5) is 0. The monoisotopic (exact) mass is 220 g/mol. The molecule has 3 nitrogen and oxygen atoms in total. The van der Waals surface area contributed by atoms with E-state index in [1.54, 1.807) is 7.11 Å². The Bertz CT molecular complexity index is 302. The van der Waals surface area contributed by atoms with Crippen molar-refractivity contribution in [3.8, 4) is 0 Å². The number of hydrazine groups is 1. The Hall–Kier alpha value is -0.900. The van der Waals surface area contributed by atoms with Crippen molar-refractivity contribution >= 4 is 0 Å². The molecule has 1 aromatic rings. The van der Waals surface area contributed by atoms with Gasteiger partial charge in [-0.15, -0.1) is 0 Å². The predicted molar refractivity (Wildman–Crippen MR) is 64.6 cm³/mol. The highest BCUT2D eigenvalue weighted by Gasteiger charge is 2.20. The van der Waals surface area contributed by atoms with Gasteiger partial charge in [-0.05, 0) is 24.8 Å². The first kappa shape index (κ1) is 11.6. The largest absolute Gasteiger partial charge is 0.365 e. The van der Waals surface area contributed by atoms with Crippen LogP contribution in [0.25, 0.3) is 0 Å². The predicted octanol–water partition coefficient (Wildman–Crippen LogP) is 2.15. The van der Waals surface area contributed by atoms with Gasteiger partial charge >= 0.3 is 0 Å². The zero-order valence-corrected chi connectivity index (χ0v) is 9.86. The van der Waals surface area contributed by atoms with Crippen molar-refractivity contribution in [3.05, 3.63) is 35.9 Å². The Kier molecular flexibility index (Phi) is 4.34. The zero-order chi connectivity index (χ0) is 11.2. The lowest BCUT2D eigenvalue weighted by Gasteiger charge is -2.34. The summed E-state index contributed by atoms with van der Waals surface area (Å²) in [5.41, 5.74) is 4.76. The number of hydrogen-bond donors (Lipinski definition) is 1. The Labute approximate surface area is 97.4 Å². The Morgan fingerprint density at radius 2 is 2.12 bits per heavy atom. The summed E-state index contributed by atoms with van der Waals surface area (Å²) in [6, 6.07) is 10.5. The summed E-state index contributed by atoms with van der Waals surface area (Å²) in [6.45, 7) is 1.95. The molecule has 0 bridgehead atoms. The molecular formula is C13H20N2O. The van der Waals surface area contributed by atoms with Crippen molar-refractivity contribution in [3.63, 3.8) is 0 Å². The molecule has 0 saturated carbocycles. The van der Waals surface area contributed by atoms with Gasteiger partial charge in [-0.1, -0.05) is 30.3 Å². The SMILES string of the molecule is COC1CCCCN1NCc1ccccc1. The van der Waals surface area contributed by atoms with Gasteiger partial charge in [0.1, 0.15) is 6.23 Å². The summed E-state index contributed by atoms with van der Waals surface area (Å²) >= 11 is 0. The molecule has 0 amide bonds. The van der Waals surface area contributed by atoms with Crippen LogP contribution in [0.15, 0.2) is 30.3 Å². The van der Waals surface area contributed by atoms with Crippen molar-refractivity contribution in [1.29, 1.82) is 0 Å². The summed E-state index contributed by atoms with van der Waals surface area (Å²) in [6.07, 6.45) is 3.87. The van der Waals surface area contributed by atoms with Crippen LogP contribution in [0.3, 0.4) is 0 Å². The lowest BCUT2D eigenvalue weighted by molar-refractivity contribution is -0.0848. The van der Waals surface area contributed by atoms with E-state index in [1.807, 2.05) is 6.07 Å². The third-order valence-corrected chi connectivity index (χ3v) is 3.05. The van der Waals surface area contributed by atoms with E-state index < -0.39 is 0 Å². The van der Waals surface area contributed by atoms with Crippen LogP contribution in [0, 0.1) is 0 Å². The number of nitrogens with one attached hydrogen (secondary N) is 1. The number of ether oxygens (including phenoxy) is 1. The maximum Gasteiger partial charge on any atom is 0.122 e. The smallest absolute Gasteiger partial charge is 0.122 e. The minimum atomic E-state index is 0.234. The molecule has 0 aromatic heterocycles. The maximum absolute atomic E-state index is 5.46. The van der Waals surface area contributed by atoms with Crippen molar-refractivity contribution in [2.45, 2.75) is 32.0 Å². The number of nitrogens with zero attached hydrogens (tertiary/aromatic N) is 1. The highest BCUT2D eigenvalue weighted by molar-refractivity contribution is 5.14. The first-order valence-corrected chi connectivity index (χ1v) is 5.97. The molecule has 0 spiro atoms. The van der Waals surface area contributed by atoms with E-state index in [2.05, 4.69) is 34.7 Å². The fraction of sp³-hybridized carbons (Fsp3) is 0.538. The molecule has 1 N–H and O–H groups in total. The summed E-state index contributed by atoms with van der Waals surface area (Å²) in [7, 11) is 1.78. The van der Waals surface area contributed by atoms with Crippen LogP contribution in [0.2, 0.25) is 0 Å². The van der Waals surface area contributed by atoms with Crippen LogP contribution in [0.1, 0.15) is 24.8 Å². The Balaban J connectivity index is 1.84. The average Bonchev–Trinajstić information content (AvgIpc) is 2.38. The number of piperidine rings is 1. The molecule has 1 unspecified atom stereocenters. The van der Waals surface area contributed by atoms with Gasteiger partial charge in [0.2, 0.25) is 0 Å². The molecular weight excluding hydrogens is 200 g/mol. The van der Waals surface area contributed by atoms with Gasteiger partial charge in [-0.3, -0.25) is 0 Å². The fourth-order valence-electron chi connectivity index (χ4n) is 2.12. The molecule has 1 aliphatic rings. The first-order chi connectivity index (χ1) is 7.90. The Morgan fingerprint density at radius 1 is 1.31 bits per heavy atom. The quantitative estimate of drug-likeness (QED) is 0.841. The van der Waals surface area contributed by atoms with Crippen LogP contribution >= 0.6 is 0 Å². The second kappa shape index (κ2) is 5.99. The van der Waals surface area contributed by atoms with Crippen LogP contribution in [0.4, 0.5) is 0 Å². The van der Waals surface area contributed by atoms with Gasteiger partial charge in [0.25, 0.3) is 0 Å². The van der Waals surface area contributed by atoms with E-state index in [9.17, 15) is 0 Å². The molecule has 3 heteroatoms. The van der Waals surface area contributed by atoms with Crippen molar-refractivity contribution in [2.75, 3.05) is 13.7 Å². The molecule has 1 aromatic carbocycles. The van der Waals surface area contributed by atoms with Gasteiger partial charge in [-0.25, -0.2) is 10.4 Å². The summed E-state index contributed by atoms with van der Waals surface area (Å²) < 4.78 is 5.46. The van der Waals surface area contributed by atoms with Crippen LogP contribution in [-0.2, 0) is 11.3 Å². The second-order valence-corrected chi connectivity index (χ2v) is 4.20. The maximum atomic E-state index is 5.46. The third kappa shape index (κ3) is 3.04.